The summed E-state index contributed by atoms with van der Waals surface area (Å²) in [5.74, 6) is -0.826. The van der Waals surface area contributed by atoms with Crippen LogP contribution in [0.2, 0.25) is 0 Å². The number of rotatable bonds is 7. The Kier molecular flexibility index (Phi) is 5.27. The van der Waals surface area contributed by atoms with Gasteiger partial charge in [0, 0.05) is 35.0 Å². The lowest BCUT2D eigenvalue weighted by atomic mass is 10.3. The van der Waals surface area contributed by atoms with Crippen molar-refractivity contribution in [1.82, 2.24) is 9.71 Å². The van der Waals surface area contributed by atoms with Gasteiger partial charge < -0.3 is 10.1 Å². The van der Waals surface area contributed by atoms with E-state index >= 15 is 0 Å². The molecule has 1 rings (SSSR count). The van der Waals surface area contributed by atoms with Gasteiger partial charge in [-0.15, -0.1) is 0 Å². The Labute approximate surface area is 113 Å². The number of carboxylic acids is 1. The minimum absolute atomic E-state index is 0.130. The molecule has 0 fully saturated rings. The molecule has 0 saturated carbocycles. The molecule has 0 aromatic carbocycles. The van der Waals surface area contributed by atoms with E-state index < -0.39 is 26.8 Å². The molecule has 1 heterocycles. The molecule has 0 saturated heterocycles. The van der Waals surface area contributed by atoms with E-state index in [-0.39, 0.29) is 16.6 Å². The molecule has 0 aliphatic carbocycles. The van der Waals surface area contributed by atoms with E-state index in [0.29, 0.717) is 12.2 Å². The molecular formula is C10H16N2O5S2. The highest BCUT2D eigenvalue weighted by Crippen LogP contribution is 2.11. The molecule has 108 valence electrons. The largest absolute Gasteiger partial charge is 0.477 e. The highest BCUT2D eigenvalue weighted by atomic mass is 32.2. The van der Waals surface area contributed by atoms with Gasteiger partial charge in [-0.25, -0.2) is 17.9 Å². The number of H-pyrrole nitrogens is 1. The fourth-order valence-electron chi connectivity index (χ4n) is 1.39. The zero-order valence-electron chi connectivity index (χ0n) is 10.5. The summed E-state index contributed by atoms with van der Waals surface area (Å²) < 4.78 is 37.2. The number of carboxylic acid groups (broad SMARTS) is 1. The van der Waals surface area contributed by atoms with Crippen molar-refractivity contribution in [3.63, 3.8) is 0 Å². The summed E-state index contributed by atoms with van der Waals surface area (Å²) in [7, 11) is -4.74. The van der Waals surface area contributed by atoms with Crippen molar-refractivity contribution in [2.45, 2.75) is 24.3 Å². The van der Waals surface area contributed by atoms with Crippen LogP contribution in [-0.2, 0) is 20.8 Å². The minimum atomic E-state index is -3.76. The van der Waals surface area contributed by atoms with Gasteiger partial charge in [-0.3, -0.25) is 4.21 Å². The van der Waals surface area contributed by atoms with E-state index in [9.17, 15) is 17.4 Å². The molecule has 2 unspecified atom stereocenters. The average molecular weight is 308 g/mol. The fourth-order valence-corrected chi connectivity index (χ4v) is 3.34. The number of aromatic amines is 1. The Hall–Kier alpha value is -1.19. The lowest BCUT2D eigenvalue weighted by molar-refractivity contribution is 0.0691. The quantitative estimate of drug-likeness (QED) is 0.663. The second kappa shape index (κ2) is 6.31. The van der Waals surface area contributed by atoms with Gasteiger partial charge in [0.1, 0.15) is 10.6 Å². The first-order valence-corrected chi connectivity index (χ1v) is 8.67. The van der Waals surface area contributed by atoms with E-state index in [2.05, 4.69) is 9.71 Å². The van der Waals surface area contributed by atoms with Gasteiger partial charge in [0.15, 0.2) is 0 Å². The number of aromatic nitrogens is 1. The topological polar surface area (TPSA) is 116 Å². The lowest BCUT2D eigenvalue weighted by Gasteiger charge is -2.12. The van der Waals surface area contributed by atoms with Crippen molar-refractivity contribution in [3.8, 4) is 0 Å². The van der Waals surface area contributed by atoms with Crippen molar-refractivity contribution < 1.29 is 22.5 Å². The molecule has 1 aromatic rings. The number of aromatic carboxylic acids is 1. The van der Waals surface area contributed by atoms with Crippen molar-refractivity contribution in [3.05, 3.63) is 18.0 Å². The van der Waals surface area contributed by atoms with E-state index in [4.69, 9.17) is 5.11 Å². The molecule has 0 aliphatic rings. The average Bonchev–Trinajstić information content (AvgIpc) is 2.75. The van der Waals surface area contributed by atoms with Crippen LogP contribution >= 0.6 is 0 Å². The number of hydrogen-bond donors (Lipinski definition) is 3. The van der Waals surface area contributed by atoms with E-state index in [0.717, 1.165) is 12.3 Å². The Morgan fingerprint density at radius 1 is 1.58 bits per heavy atom. The first-order chi connectivity index (χ1) is 8.72. The van der Waals surface area contributed by atoms with Gasteiger partial charge >= 0.3 is 5.97 Å². The Balaban J connectivity index is 2.74. The van der Waals surface area contributed by atoms with Gasteiger partial charge in [-0.1, -0.05) is 0 Å². The highest BCUT2D eigenvalue weighted by molar-refractivity contribution is 7.89. The number of hydrogen-bond acceptors (Lipinski definition) is 4. The summed E-state index contributed by atoms with van der Waals surface area (Å²) in [5, 5.41) is 8.71. The molecule has 0 spiro atoms. The number of nitrogens with one attached hydrogen (secondary N) is 2. The van der Waals surface area contributed by atoms with Crippen LogP contribution in [0.15, 0.2) is 17.2 Å². The molecule has 3 N–H and O–H groups in total. The second-order valence-corrected chi connectivity index (χ2v) is 7.41. The van der Waals surface area contributed by atoms with Crippen molar-refractivity contribution in [1.29, 1.82) is 0 Å². The van der Waals surface area contributed by atoms with Crippen LogP contribution in [0.25, 0.3) is 0 Å². The predicted octanol–water partition coefficient (Wildman–Crippen LogP) is 0.148. The van der Waals surface area contributed by atoms with E-state index in [1.807, 2.05) is 0 Å². The number of carbonyl (C=O) groups is 1. The maximum Gasteiger partial charge on any atom is 0.352 e. The molecule has 0 aliphatic heterocycles. The summed E-state index contributed by atoms with van der Waals surface area (Å²) in [6.45, 7) is 1.66. The van der Waals surface area contributed by atoms with E-state index in [1.165, 1.54) is 0 Å². The summed E-state index contributed by atoms with van der Waals surface area (Å²) in [5.41, 5.74) is -0.192. The Morgan fingerprint density at radius 2 is 2.21 bits per heavy atom. The van der Waals surface area contributed by atoms with Gasteiger partial charge in [0.05, 0.1) is 0 Å². The standard InChI is InChI=1S/C10H16N2O5S2/c1-7(3-4-18(2)15)12-19(16,17)8-5-9(10(13)14)11-6-8/h5-7,11-12H,3-4H2,1-2H3,(H,13,14). The molecule has 0 amide bonds. The first kappa shape index (κ1) is 15.9. The molecule has 0 bridgehead atoms. The van der Waals surface area contributed by atoms with Crippen molar-refractivity contribution >= 4 is 26.8 Å². The third kappa shape index (κ3) is 4.77. The fraction of sp³-hybridized carbons (Fsp3) is 0.500. The molecule has 7 nitrogen and oxygen atoms in total. The monoisotopic (exact) mass is 308 g/mol. The number of sulfonamides is 1. The predicted molar refractivity (Wildman–Crippen MR) is 71.1 cm³/mol. The smallest absolute Gasteiger partial charge is 0.352 e. The summed E-state index contributed by atoms with van der Waals surface area (Å²) >= 11 is 0. The Bertz CT molecular complexity index is 578. The van der Waals surface area contributed by atoms with Gasteiger partial charge in [-0.2, -0.15) is 0 Å². The molecule has 2 atom stereocenters. The van der Waals surface area contributed by atoms with Gasteiger partial charge in [0.2, 0.25) is 10.0 Å². The van der Waals surface area contributed by atoms with Gasteiger partial charge in [-0.05, 0) is 19.4 Å². The Morgan fingerprint density at radius 3 is 2.68 bits per heavy atom. The van der Waals surface area contributed by atoms with Crippen LogP contribution in [0.1, 0.15) is 23.8 Å². The van der Waals surface area contributed by atoms with Crippen LogP contribution in [0.3, 0.4) is 0 Å². The normalized spacial score (nSPS) is 15.1. The summed E-state index contributed by atoms with van der Waals surface area (Å²) in [4.78, 5) is 12.9. The molecule has 19 heavy (non-hydrogen) atoms. The third-order valence-electron chi connectivity index (χ3n) is 2.39. The molecule has 9 heteroatoms. The molecule has 1 aromatic heterocycles. The molecular weight excluding hydrogens is 292 g/mol. The van der Waals surface area contributed by atoms with Gasteiger partial charge in [0.25, 0.3) is 0 Å². The second-order valence-electron chi connectivity index (χ2n) is 4.14. The lowest BCUT2D eigenvalue weighted by Crippen LogP contribution is -2.33. The third-order valence-corrected chi connectivity index (χ3v) is 4.77. The van der Waals surface area contributed by atoms with Crippen LogP contribution < -0.4 is 4.72 Å². The molecule has 0 radical (unpaired) electrons. The zero-order chi connectivity index (χ0) is 14.6. The maximum atomic E-state index is 11.9. The maximum absolute atomic E-state index is 11.9. The van der Waals surface area contributed by atoms with Crippen LogP contribution in [0.5, 0.6) is 0 Å². The highest BCUT2D eigenvalue weighted by Gasteiger charge is 2.20. The van der Waals surface area contributed by atoms with Crippen molar-refractivity contribution in [2.75, 3.05) is 12.0 Å². The van der Waals surface area contributed by atoms with Crippen LogP contribution in [0, 0.1) is 0 Å². The summed E-state index contributed by atoms with van der Waals surface area (Å²) in [6.07, 6.45) is 3.11. The van der Waals surface area contributed by atoms with Crippen LogP contribution in [-0.4, -0.2) is 46.7 Å². The SMILES string of the molecule is CC(CCS(C)=O)NS(=O)(=O)c1c[nH]c(C(=O)O)c1. The van der Waals surface area contributed by atoms with Crippen molar-refractivity contribution in [2.24, 2.45) is 0 Å². The first-order valence-electron chi connectivity index (χ1n) is 5.46. The van der Waals surface area contributed by atoms with Crippen LogP contribution in [0.4, 0.5) is 0 Å². The van der Waals surface area contributed by atoms with E-state index in [1.54, 1.807) is 13.2 Å². The minimum Gasteiger partial charge on any atom is -0.477 e. The summed E-state index contributed by atoms with van der Waals surface area (Å²) in [6, 6.07) is 0.673. The zero-order valence-corrected chi connectivity index (χ0v) is 12.2.